The van der Waals surface area contributed by atoms with E-state index >= 15 is 0 Å². The second kappa shape index (κ2) is 6.11. The van der Waals surface area contributed by atoms with Gasteiger partial charge in [-0.1, -0.05) is 0 Å². The van der Waals surface area contributed by atoms with Crippen molar-refractivity contribution in [3.8, 4) is 0 Å². The van der Waals surface area contributed by atoms with E-state index in [2.05, 4.69) is 15.3 Å². The van der Waals surface area contributed by atoms with Gasteiger partial charge >= 0.3 is 5.69 Å². The Labute approximate surface area is 97.0 Å². The number of nitrogens with one attached hydrogen (secondary N) is 1. The molecule has 7 nitrogen and oxygen atoms in total. The summed E-state index contributed by atoms with van der Waals surface area (Å²) < 4.78 is 0. The fourth-order valence-electron chi connectivity index (χ4n) is 1.13. The van der Waals surface area contributed by atoms with Crippen LogP contribution in [0.2, 0.25) is 0 Å². The number of nitro groups is 1. The van der Waals surface area contributed by atoms with Crippen LogP contribution in [0.15, 0.2) is 6.33 Å². The molecule has 0 saturated heterocycles. The van der Waals surface area contributed by atoms with Crippen LogP contribution in [0.5, 0.6) is 0 Å². The summed E-state index contributed by atoms with van der Waals surface area (Å²) in [4.78, 5) is 17.5. The molecule has 0 aliphatic carbocycles. The van der Waals surface area contributed by atoms with Gasteiger partial charge in [-0.25, -0.2) is 9.97 Å². The zero-order chi connectivity index (χ0) is 12.0. The van der Waals surface area contributed by atoms with Crippen LogP contribution in [0, 0.1) is 10.1 Å². The minimum absolute atomic E-state index is 0.118. The number of nitrogens with two attached hydrogens (primary N) is 1. The van der Waals surface area contributed by atoms with E-state index in [1.165, 1.54) is 6.33 Å². The summed E-state index contributed by atoms with van der Waals surface area (Å²) in [6, 6.07) is 0. The Kier molecular flexibility index (Phi) is 4.77. The largest absolute Gasteiger partial charge is 0.378 e. The molecule has 0 aromatic carbocycles. The maximum absolute atomic E-state index is 10.7. The van der Waals surface area contributed by atoms with Gasteiger partial charge in [-0.3, -0.25) is 10.1 Å². The fourth-order valence-corrected chi connectivity index (χ4v) is 1.56. The molecular formula is C8H13N5O2S. The quantitative estimate of drug-likeness (QED) is 0.438. The minimum Gasteiger partial charge on any atom is -0.378 e. The van der Waals surface area contributed by atoms with E-state index in [0.29, 0.717) is 6.54 Å². The van der Waals surface area contributed by atoms with Crippen molar-refractivity contribution in [3.63, 3.8) is 0 Å². The zero-order valence-corrected chi connectivity index (χ0v) is 9.66. The van der Waals surface area contributed by atoms with Gasteiger partial charge in [0.05, 0.1) is 4.92 Å². The van der Waals surface area contributed by atoms with Gasteiger partial charge < -0.3 is 11.1 Å². The number of thioether (sulfide) groups is 1. The predicted octanol–water partition coefficient (Wildman–Crippen LogP) is 1.13. The molecule has 1 aromatic rings. The lowest BCUT2D eigenvalue weighted by molar-refractivity contribution is -0.383. The predicted molar refractivity (Wildman–Crippen MR) is 64.6 cm³/mol. The van der Waals surface area contributed by atoms with Crippen LogP contribution in [-0.2, 0) is 0 Å². The number of rotatable bonds is 6. The highest BCUT2D eigenvalue weighted by Crippen LogP contribution is 2.25. The first-order chi connectivity index (χ1) is 7.66. The molecule has 0 fully saturated rings. The number of nitrogen functional groups attached to an aromatic ring is 1. The van der Waals surface area contributed by atoms with Crippen LogP contribution >= 0.6 is 11.8 Å². The second-order valence-electron chi connectivity index (χ2n) is 2.99. The minimum atomic E-state index is -0.577. The molecule has 88 valence electrons. The third kappa shape index (κ3) is 3.23. The molecule has 0 aliphatic rings. The lowest BCUT2D eigenvalue weighted by Crippen LogP contribution is -2.09. The van der Waals surface area contributed by atoms with Crippen molar-refractivity contribution in [2.45, 2.75) is 6.42 Å². The van der Waals surface area contributed by atoms with Crippen LogP contribution < -0.4 is 11.1 Å². The van der Waals surface area contributed by atoms with Crippen molar-refractivity contribution in [2.75, 3.05) is 29.6 Å². The first kappa shape index (κ1) is 12.5. The van der Waals surface area contributed by atoms with E-state index in [0.717, 1.165) is 12.2 Å². The highest BCUT2D eigenvalue weighted by Gasteiger charge is 2.20. The summed E-state index contributed by atoms with van der Waals surface area (Å²) in [5.74, 6) is 1.05. The van der Waals surface area contributed by atoms with Crippen LogP contribution in [0.4, 0.5) is 17.3 Å². The third-order valence-electron chi connectivity index (χ3n) is 1.85. The van der Waals surface area contributed by atoms with E-state index in [1.54, 1.807) is 11.8 Å². The molecular weight excluding hydrogens is 230 g/mol. The maximum atomic E-state index is 10.7. The van der Waals surface area contributed by atoms with Crippen LogP contribution in [0.25, 0.3) is 0 Å². The van der Waals surface area contributed by atoms with Gasteiger partial charge in [-0.2, -0.15) is 11.8 Å². The molecule has 0 amide bonds. The first-order valence-electron chi connectivity index (χ1n) is 4.64. The number of aromatic nitrogens is 2. The molecule has 16 heavy (non-hydrogen) atoms. The third-order valence-corrected chi connectivity index (χ3v) is 2.55. The normalized spacial score (nSPS) is 10.1. The van der Waals surface area contributed by atoms with Crippen molar-refractivity contribution >= 4 is 29.1 Å². The lowest BCUT2D eigenvalue weighted by Gasteiger charge is -2.05. The lowest BCUT2D eigenvalue weighted by atomic mass is 10.4. The van der Waals surface area contributed by atoms with Gasteiger partial charge in [0.15, 0.2) is 0 Å². The van der Waals surface area contributed by atoms with E-state index < -0.39 is 4.92 Å². The Morgan fingerprint density at radius 1 is 1.62 bits per heavy atom. The van der Waals surface area contributed by atoms with Crippen molar-refractivity contribution < 1.29 is 4.92 Å². The average Bonchev–Trinajstić information content (AvgIpc) is 2.24. The average molecular weight is 243 g/mol. The first-order valence-corrected chi connectivity index (χ1v) is 6.04. The molecule has 3 N–H and O–H groups in total. The molecule has 0 saturated carbocycles. The standard InChI is InChI=1S/C8H13N5O2S/c1-16-4-2-3-10-8-6(13(14)15)7(9)11-5-12-8/h5H,2-4H2,1H3,(H3,9,10,11,12). The molecule has 0 bridgehead atoms. The number of hydrogen-bond acceptors (Lipinski definition) is 7. The maximum Gasteiger partial charge on any atom is 0.352 e. The fraction of sp³-hybridized carbons (Fsp3) is 0.500. The second-order valence-corrected chi connectivity index (χ2v) is 3.97. The topological polar surface area (TPSA) is 107 Å². The van der Waals surface area contributed by atoms with Crippen LogP contribution in [0.1, 0.15) is 6.42 Å². The van der Waals surface area contributed by atoms with Crippen molar-refractivity contribution in [1.82, 2.24) is 9.97 Å². The molecule has 1 aromatic heterocycles. The Hall–Kier alpha value is -1.57. The molecule has 0 atom stereocenters. The molecule has 0 spiro atoms. The van der Waals surface area contributed by atoms with E-state index in [9.17, 15) is 10.1 Å². The van der Waals surface area contributed by atoms with Gasteiger partial charge in [0.2, 0.25) is 11.6 Å². The highest BCUT2D eigenvalue weighted by molar-refractivity contribution is 7.98. The Morgan fingerprint density at radius 2 is 2.38 bits per heavy atom. The summed E-state index contributed by atoms with van der Waals surface area (Å²) in [6.07, 6.45) is 4.12. The molecule has 1 heterocycles. The van der Waals surface area contributed by atoms with Crippen molar-refractivity contribution in [3.05, 3.63) is 16.4 Å². The SMILES string of the molecule is CSCCCNc1ncnc(N)c1[N+](=O)[O-]. The molecule has 0 unspecified atom stereocenters. The summed E-state index contributed by atoms with van der Waals surface area (Å²) >= 11 is 1.72. The number of nitrogens with zero attached hydrogens (tertiary/aromatic N) is 3. The molecule has 0 radical (unpaired) electrons. The molecule has 0 aliphatic heterocycles. The van der Waals surface area contributed by atoms with Gasteiger partial charge in [0, 0.05) is 6.54 Å². The highest BCUT2D eigenvalue weighted by atomic mass is 32.2. The zero-order valence-electron chi connectivity index (χ0n) is 8.84. The van der Waals surface area contributed by atoms with Crippen molar-refractivity contribution in [2.24, 2.45) is 0 Å². The van der Waals surface area contributed by atoms with E-state index in [-0.39, 0.29) is 17.3 Å². The molecule has 1 rings (SSSR count). The Morgan fingerprint density at radius 3 is 3.00 bits per heavy atom. The number of hydrogen-bond donors (Lipinski definition) is 2. The summed E-state index contributed by atoms with van der Waals surface area (Å²) in [5, 5.41) is 13.6. The van der Waals surface area contributed by atoms with Gasteiger partial charge in [0.25, 0.3) is 0 Å². The Balaban J connectivity index is 2.71. The molecule has 8 heteroatoms. The monoisotopic (exact) mass is 243 g/mol. The van der Waals surface area contributed by atoms with Gasteiger partial charge in [0.1, 0.15) is 6.33 Å². The number of anilines is 2. The van der Waals surface area contributed by atoms with Crippen LogP contribution in [-0.4, -0.2) is 33.4 Å². The van der Waals surface area contributed by atoms with Crippen molar-refractivity contribution in [1.29, 1.82) is 0 Å². The summed E-state index contributed by atoms with van der Waals surface area (Å²) in [6.45, 7) is 0.623. The smallest absolute Gasteiger partial charge is 0.352 e. The van der Waals surface area contributed by atoms with Gasteiger partial charge in [-0.05, 0) is 18.4 Å². The summed E-state index contributed by atoms with van der Waals surface area (Å²) in [5.41, 5.74) is 5.16. The van der Waals surface area contributed by atoms with Crippen LogP contribution in [0.3, 0.4) is 0 Å². The van der Waals surface area contributed by atoms with Gasteiger partial charge in [-0.15, -0.1) is 0 Å². The Bertz CT molecular complexity index is 373. The van der Waals surface area contributed by atoms with E-state index in [1.807, 2.05) is 6.26 Å². The van der Waals surface area contributed by atoms with E-state index in [4.69, 9.17) is 5.73 Å². The summed E-state index contributed by atoms with van der Waals surface area (Å²) in [7, 11) is 0.